The first-order valence-electron chi connectivity index (χ1n) is 5.90. The molecule has 102 valence electrons. The Kier molecular flexibility index (Phi) is 4.78. The molecule has 1 rings (SSSR count). The van der Waals surface area contributed by atoms with Crippen molar-refractivity contribution in [2.45, 2.75) is 51.0 Å². The van der Waals surface area contributed by atoms with E-state index >= 15 is 0 Å². The maximum absolute atomic E-state index is 10.9. The Morgan fingerprint density at radius 2 is 2.06 bits per heavy atom. The molecular formula is C12H20N2O3S. The van der Waals surface area contributed by atoms with Gasteiger partial charge >= 0.3 is 5.97 Å². The van der Waals surface area contributed by atoms with Crippen LogP contribution in [0.1, 0.15) is 52.3 Å². The van der Waals surface area contributed by atoms with E-state index in [0.29, 0.717) is 17.5 Å². The maximum atomic E-state index is 10.9. The van der Waals surface area contributed by atoms with Crippen molar-refractivity contribution in [3.05, 3.63) is 11.7 Å². The van der Waals surface area contributed by atoms with Crippen molar-refractivity contribution < 1.29 is 14.4 Å². The Hall–Kier alpha value is -1.04. The van der Waals surface area contributed by atoms with E-state index in [9.17, 15) is 4.79 Å². The average molecular weight is 272 g/mol. The number of carboxylic acid groups (broad SMARTS) is 1. The molecule has 0 fully saturated rings. The van der Waals surface area contributed by atoms with Crippen LogP contribution in [0.15, 0.2) is 4.52 Å². The third-order valence-corrected chi connectivity index (χ3v) is 3.92. The van der Waals surface area contributed by atoms with Crippen molar-refractivity contribution in [3.63, 3.8) is 0 Å². The quantitative estimate of drug-likeness (QED) is 0.888. The first-order valence-corrected chi connectivity index (χ1v) is 6.88. The topological polar surface area (TPSA) is 76.2 Å². The summed E-state index contributed by atoms with van der Waals surface area (Å²) in [4.78, 5) is 15.1. The molecule has 0 saturated carbocycles. The summed E-state index contributed by atoms with van der Waals surface area (Å²) in [6.45, 7) is 9.78. The summed E-state index contributed by atoms with van der Waals surface area (Å²) < 4.78 is 5.26. The van der Waals surface area contributed by atoms with Gasteiger partial charge in [-0.1, -0.05) is 39.8 Å². The maximum Gasteiger partial charge on any atom is 0.307 e. The molecule has 0 aliphatic heterocycles. The molecule has 1 N–H and O–H groups in total. The number of rotatable bonds is 5. The van der Waals surface area contributed by atoms with Gasteiger partial charge in [-0.15, -0.1) is 11.8 Å². The van der Waals surface area contributed by atoms with Gasteiger partial charge in [0.25, 0.3) is 0 Å². The highest BCUT2D eigenvalue weighted by molar-refractivity contribution is 7.99. The lowest BCUT2D eigenvalue weighted by Crippen LogP contribution is -2.17. The molecule has 0 saturated heterocycles. The second kappa shape index (κ2) is 5.73. The van der Waals surface area contributed by atoms with E-state index < -0.39 is 11.9 Å². The van der Waals surface area contributed by atoms with Gasteiger partial charge in [0, 0.05) is 10.7 Å². The van der Waals surface area contributed by atoms with Crippen LogP contribution in [0.3, 0.4) is 0 Å². The lowest BCUT2D eigenvalue weighted by molar-refractivity contribution is -0.141. The van der Waals surface area contributed by atoms with Gasteiger partial charge in [-0.2, -0.15) is 4.98 Å². The number of carboxylic acids is 1. The van der Waals surface area contributed by atoms with Crippen molar-refractivity contribution in [2.24, 2.45) is 5.92 Å². The van der Waals surface area contributed by atoms with Gasteiger partial charge in [0.05, 0.1) is 11.7 Å². The Labute approximate surface area is 111 Å². The minimum absolute atomic E-state index is 0.140. The lowest BCUT2D eigenvalue weighted by atomic mass is 9.96. The molecule has 1 aromatic rings. The fourth-order valence-corrected chi connectivity index (χ4v) is 1.90. The number of thioether (sulfide) groups is 1. The first kappa shape index (κ1) is 15.0. The Morgan fingerprint density at radius 3 is 2.56 bits per heavy atom. The van der Waals surface area contributed by atoms with Gasteiger partial charge in [-0.25, -0.2) is 0 Å². The van der Waals surface area contributed by atoms with E-state index in [2.05, 4.69) is 30.9 Å². The Balaban J connectivity index is 2.66. The van der Waals surface area contributed by atoms with Crippen LogP contribution < -0.4 is 0 Å². The fraction of sp³-hybridized carbons (Fsp3) is 0.750. The Morgan fingerprint density at radius 1 is 1.44 bits per heavy atom. The van der Waals surface area contributed by atoms with Gasteiger partial charge in [-0.05, 0) is 0 Å². The van der Waals surface area contributed by atoms with Crippen LogP contribution in [0.25, 0.3) is 0 Å². The summed E-state index contributed by atoms with van der Waals surface area (Å²) in [5.74, 6) is 0.0216. The van der Waals surface area contributed by atoms with Crippen LogP contribution in [0.5, 0.6) is 0 Å². The molecule has 0 aromatic carbocycles. The highest BCUT2D eigenvalue weighted by atomic mass is 32.2. The molecule has 2 atom stereocenters. The van der Waals surface area contributed by atoms with Crippen LogP contribution in [0, 0.1) is 5.92 Å². The highest BCUT2D eigenvalue weighted by Gasteiger charge is 2.26. The first-order chi connectivity index (χ1) is 8.20. The smallest absolute Gasteiger partial charge is 0.307 e. The third kappa shape index (κ3) is 4.33. The number of hydrogen-bond donors (Lipinski definition) is 1. The molecule has 1 heterocycles. The zero-order valence-electron chi connectivity index (χ0n) is 11.4. The summed E-state index contributed by atoms with van der Waals surface area (Å²) in [5.41, 5.74) is 0. The second-order valence-electron chi connectivity index (χ2n) is 5.37. The van der Waals surface area contributed by atoms with Crippen LogP contribution in [-0.2, 0) is 10.5 Å². The fourth-order valence-electron chi connectivity index (χ4n) is 1.22. The zero-order valence-corrected chi connectivity index (χ0v) is 12.2. The van der Waals surface area contributed by atoms with Gasteiger partial charge < -0.3 is 9.63 Å². The van der Waals surface area contributed by atoms with Crippen molar-refractivity contribution in [2.75, 3.05) is 0 Å². The summed E-state index contributed by atoms with van der Waals surface area (Å²) in [6, 6.07) is 0. The predicted octanol–water partition coefficient (Wildman–Crippen LogP) is 2.93. The number of carbonyl (C=O) groups is 1. The normalized spacial score (nSPS) is 15.4. The summed E-state index contributed by atoms with van der Waals surface area (Å²) >= 11 is 1.73. The molecule has 18 heavy (non-hydrogen) atoms. The van der Waals surface area contributed by atoms with Gasteiger partial charge in [0.1, 0.15) is 0 Å². The summed E-state index contributed by atoms with van der Waals surface area (Å²) in [7, 11) is 0. The van der Waals surface area contributed by atoms with Gasteiger partial charge in [0.15, 0.2) is 5.82 Å². The standard InChI is InChI=1S/C12H20N2O3S/c1-7(8(2)11(15)16)10-13-9(14-17-10)6-18-12(3,4)5/h7-8H,6H2,1-5H3,(H,15,16). The van der Waals surface area contributed by atoms with Gasteiger partial charge in [0.2, 0.25) is 5.89 Å². The minimum Gasteiger partial charge on any atom is -0.481 e. The van der Waals surface area contributed by atoms with Crippen LogP contribution in [-0.4, -0.2) is 26.0 Å². The average Bonchev–Trinajstić information content (AvgIpc) is 2.71. The molecular weight excluding hydrogens is 252 g/mol. The summed E-state index contributed by atoms with van der Waals surface area (Å²) in [6.07, 6.45) is 0. The van der Waals surface area contributed by atoms with Crippen LogP contribution in [0.4, 0.5) is 0 Å². The Bertz CT molecular complexity index is 412. The van der Waals surface area contributed by atoms with Crippen molar-refractivity contribution in [3.8, 4) is 0 Å². The van der Waals surface area contributed by atoms with Crippen molar-refractivity contribution >= 4 is 17.7 Å². The largest absolute Gasteiger partial charge is 0.481 e. The van der Waals surface area contributed by atoms with Crippen LogP contribution >= 0.6 is 11.8 Å². The predicted molar refractivity (Wildman–Crippen MR) is 70.6 cm³/mol. The lowest BCUT2D eigenvalue weighted by Gasteiger charge is -2.15. The molecule has 0 radical (unpaired) electrons. The van der Waals surface area contributed by atoms with E-state index in [-0.39, 0.29) is 10.7 Å². The van der Waals surface area contributed by atoms with Crippen molar-refractivity contribution in [1.82, 2.24) is 10.1 Å². The number of aromatic nitrogens is 2. The number of nitrogens with zero attached hydrogens (tertiary/aromatic N) is 2. The molecule has 6 heteroatoms. The van der Waals surface area contributed by atoms with E-state index in [1.807, 2.05) is 0 Å². The van der Waals surface area contributed by atoms with E-state index in [1.165, 1.54) is 0 Å². The second-order valence-corrected chi connectivity index (χ2v) is 7.17. The van der Waals surface area contributed by atoms with E-state index in [4.69, 9.17) is 9.63 Å². The molecule has 0 bridgehead atoms. The van der Waals surface area contributed by atoms with E-state index in [1.54, 1.807) is 25.6 Å². The molecule has 0 amide bonds. The molecule has 5 nitrogen and oxygen atoms in total. The van der Waals surface area contributed by atoms with E-state index in [0.717, 1.165) is 0 Å². The minimum atomic E-state index is -0.855. The molecule has 0 spiro atoms. The SMILES string of the molecule is CC(C(=O)O)C(C)c1nc(CSC(C)(C)C)no1. The molecule has 2 unspecified atom stereocenters. The summed E-state index contributed by atoms with van der Waals surface area (Å²) in [5, 5.41) is 12.8. The highest BCUT2D eigenvalue weighted by Crippen LogP contribution is 2.27. The molecule has 0 aliphatic carbocycles. The molecule has 1 aromatic heterocycles. The van der Waals surface area contributed by atoms with Crippen LogP contribution in [0.2, 0.25) is 0 Å². The molecule has 0 aliphatic rings. The number of aliphatic carboxylic acids is 1. The monoisotopic (exact) mass is 272 g/mol. The van der Waals surface area contributed by atoms with Gasteiger partial charge in [-0.3, -0.25) is 4.79 Å². The number of hydrogen-bond acceptors (Lipinski definition) is 5. The zero-order chi connectivity index (χ0) is 13.9. The van der Waals surface area contributed by atoms with Crippen molar-refractivity contribution in [1.29, 1.82) is 0 Å². The third-order valence-electron chi connectivity index (χ3n) is 2.65.